The van der Waals surface area contributed by atoms with Gasteiger partial charge < -0.3 is 4.74 Å². The Balaban J connectivity index is 1.74. The SMILES string of the molecule is O=C1C2C3C=CC(O3)[C@H]2C(=O)N1c1ccc(Br)cc1. The number of benzene rings is 1. The van der Waals surface area contributed by atoms with Gasteiger partial charge in [0, 0.05) is 4.47 Å². The van der Waals surface area contributed by atoms with Crippen molar-refractivity contribution in [3.05, 3.63) is 40.9 Å². The molecule has 4 rings (SSSR count). The van der Waals surface area contributed by atoms with Gasteiger partial charge in [-0.1, -0.05) is 28.1 Å². The minimum atomic E-state index is -0.342. The monoisotopic (exact) mass is 319 g/mol. The number of imide groups is 1. The third-order valence-corrected chi connectivity index (χ3v) is 4.52. The molecule has 3 unspecified atom stereocenters. The van der Waals surface area contributed by atoms with Gasteiger partial charge in [-0.3, -0.25) is 9.59 Å². The first kappa shape index (κ1) is 11.4. The first-order valence-corrected chi connectivity index (χ1v) is 6.93. The standard InChI is InChI=1S/C14H10BrNO3/c15-7-1-3-8(4-2-7)16-13(17)11-9-5-6-10(19-9)12(11)14(16)18/h1-6,9-12H/t9?,10?,11-,12?/m1/s1. The van der Waals surface area contributed by atoms with Gasteiger partial charge >= 0.3 is 0 Å². The Morgan fingerprint density at radius 2 is 1.47 bits per heavy atom. The molecule has 2 amide bonds. The van der Waals surface area contributed by atoms with E-state index in [9.17, 15) is 9.59 Å². The second kappa shape index (κ2) is 3.77. The number of carbonyl (C=O) groups is 2. The molecule has 0 spiro atoms. The van der Waals surface area contributed by atoms with Gasteiger partial charge in [0.2, 0.25) is 11.8 Å². The van der Waals surface area contributed by atoms with Crippen LogP contribution in [0.5, 0.6) is 0 Å². The Labute approximate surface area is 118 Å². The van der Waals surface area contributed by atoms with Gasteiger partial charge in [0.05, 0.1) is 29.7 Å². The first-order valence-electron chi connectivity index (χ1n) is 6.14. The zero-order chi connectivity index (χ0) is 13.1. The van der Waals surface area contributed by atoms with Crippen LogP contribution in [0, 0.1) is 11.8 Å². The van der Waals surface area contributed by atoms with E-state index in [4.69, 9.17) is 4.74 Å². The summed E-state index contributed by atoms with van der Waals surface area (Å²) in [5.74, 6) is -0.972. The van der Waals surface area contributed by atoms with Crippen LogP contribution in [0.3, 0.4) is 0 Å². The normalized spacial score (nSPS) is 35.3. The lowest BCUT2D eigenvalue weighted by Crippen LogP contribution is -2.34. The molecule has 0 N–H and O–H groups in total. The lowest BCUT2D eigenvalue weighted by atomic mass is 9.85. The molecule has 3 aliphatic heterocycles. The van der Waals surface area contributed by atoms with E-state index in [1.807, 2.05) is 24.3 Å². The lowest BCUT2D eigenvalue weighted by molar-refractivity contribution is -0.124. The minimum absolute atomic E-state index is 0.144. The third-order valence-electron chi connectivity index (χ3n) is 4.00. The van der Waals surface area contributed by atoms with Crippen molar-refractivity contribution in [3.63, 3.8) is 0 Å². The highest BCUT2D eigenvalue weighted by molar-refractivity contribution is 9.10. The smallest absolute Gasteiger partial charge is 0.240 e. The lowest BCUT2D eigenvalue weighted by Gasteiger charge is -2.17. The molecule has 4 atom stereocenters. The second-order valence-corrected chi connectivity index (χ2v) is 5.91. The summed E-state index contributed by atoms with van der Waals surface area (Å²) in [5.41, 5.74) is 0.631. The van der Waals surface area contributed by atoms with E-state index in [2.05, 4.69) is 15.9 Å². The van der Waals surface area contributed by atoms with E-state index in [-0.39, 0.29) is 35.9 Å². The summed E-state index contributed by atoms with van der Waals surface area (Å²) in [4.78, 5) is 26.2. The van der Waals surface area contributed by atoms with Crippen molar-refractivity contribution in [2.75, 3.05) is 4.90 Å². The molecule has 0 saturated carbocycles. The number of halogens is 1. The number of rotatable bonds is 1. The number of fused-ring (bicyclic) bond motifs is 5. The van der Waals surface area contributed by atoms with Gasteiger partial charge in [-0.15, -0.1) is 0 Å². The Hall–Kier alpha value is -1.46. The summed E-state index contributed by atoms with van der Waals surface area (Å²) in [7, 11) is 0. The van der Waals surface area contributed by atoms with Crippen molar-refractivity contribution in [1.29, 1.82) is 0 Å². The largest absolute Gasteiger partial charge is 0.365 e. The maximum Gasteiger partial charge on any atom is 0.240 e. The number of hydrogen-bond acceptors (Lipinski definition) is 3. The van der Waals surface area contributed by atoms with Crippen LogP contribution in [0.1, 0.15) is 0 Å². The van der Waals surface area contributed by atoms with E-state index in [0.29, 0.717) is 5.69 Å². The molecular weight excluding hydrogens is 310 g/mol. The predicted octanol–water partition coefficient (Wildman–Crippen LogP) is 1.89. The zero-order valence-electron chi connectivity index (χ0n) is 9.82. The maximum atomic E-state index is 12.5. The molecule has 3 heterocycles. The number of nitrogens with zero attached hydrogens (tertiary/aromatic N) is 1. The minimum Gasteiger partial charge on any atom is -0.365 e. The van der Waals surface area contributed by atoms with Crippen molar-refractivity contribution >= 4 is 33.4 Å². The molecule has 1 aromatic carbocycles. The van der Waals surface area contributed by atoms with Gasteiger partial charge in [-0.05, 0) is 24.3 Å². The van der Waals surface area contributed by atoms with Crippen LogP contribution < -0.4 is 4.90 Å². The van der Waals surface area contributed by atoms with Crippen molar-refractivity contribution < 1.29 is 14.3 Å². The van der Waals surface area contributed by atoms with Crippen LogP contribution >= 0.6 is 15.9 Å². The summed E-state index contributed by atoms with van der Waals surface area (Å²) in [6.07, 6.45) is 3.32. The number of ether oxygens (including phenoxy) is 1. The highest BCUT2D eigenvalue weighted by Crippen LogP contribution is 2.46. The first-order chi connectivity index (χ1) is 9.16. The van der Waals surface area contributed by atoms with E-state index < -0.39 is 0 Å². The van der Waals surface area contributed by atoms with Crippen molar-refractivity contribution in [2.24, 2.45) is 11.8 Å². The summed E-state index contributed by atoms with van der Waals surface area (Å²) in [6, 6.07) is 7.20. The molecule has 5 heteroatoms. The molecule has 1 aromatic rings. The Morgan fingerprint density at radius 3 is 2.00 bits per heavy atom. The molecule has 19 heavy (non-hydrogen) atoms. The number of carbonyl (C=O) groups excluding carboxylic acids is 2. The molecule has 0 aromatic heterocycles. The van der Waals surface area contributed by atoms with Crippen LogP contribution in [-0.4, -0.2) is 24.0 Å². The van der Waals surface area contributed by atoms with Gasteiger partial charge in [-0.25, -0.2) is 4.90 Å². The van der Waals surface area contributed by atoms with Crippen molar-refractivity contribution in [3.8, 4) is 0 Å². The van der Waals surface area contributed by atoms with Crippen LogP contribution in [0.25, 0.3) is 0 Å². The zero-order valence-corrected chi connectivity index (χ0v) is 11.4. The van der Waals surface area contributed by atoms with E-state index in [1.54, 1.807) is 12.1 Å². The highest BCUT2D eigenvalue weighted by atomic mass is 79.9. The molecule has 2 bridgehead atoms. The number of anilines is 1. The highest BCUT2D eigenvalue weighted by Gasteiger charge is 2.60. The average molecular weight is 320 g/mol. The third kappa shape index (κ3) is 1.42. The predicted molar refractivity (Wildman–Crippen MR) is 71.4 cm³/mol. The van der Waals surface area contributed by atoms with Gasteiger partial charge in [-0.2, -0.15) is 0 Å². The summed E-state index contributed by atoms with van der Waals surface area (Å²) < 4.78 is 6.51. The van der Waals surface area contributed by atoms with E-state index >= 15 is 0 Å². The fourth-order valence-electron chi connectivity index (χ4n) is 3.15. The molecule has 0 aliphatic carbocycles. The summed E-state index contributed by atoms with van der Waals surface area (Å²) in [5, 5.41) is 0. The summed E-state index contributed by atoms with van der Waals surface area (Å²) in [6.45, 7) is 0. The molecule has 96 valence electrons. The van der Waals surface area contributed by atoms with Crippen LogP contribution in [0.4, 0.5) is 5.69 Å². The topological polar surface area (TPSA) is 46.6 Å². The molecule has 2 fully saturated rings. The van der Waals surface area contributed by atoms with Crippen LogP contribution in [0.2, 0.25) is 0 Å². The fourth-order valence-corrected chi connectivity index (χ4v) is 3.41. The fraction of sp³-hybridized carbons (Fsp3) is 0.286. The second-order valence-electron chi connectivity index (χ2n) is 4.99. The maximum absolute atomic E-state index is 12.5. The molecule has 0 radical (unpaired) electrons. The van der Waals surface area contributed by atoms with Crippen LogP contribution in [0.15, 0.2) is 40.9 Å². The summed E-state index contributed by atoms with van der Waals surface area (Å²) >= 11 is 3.34. The number of hydrogen-bond donors (Lipinski definition) is 0. The van der Waals surface area contributed by atoms with E-state index in [1.165, 1.54) is 4.90 Å². The molecular formula is C14H10BrNO3. The molecule has 2 saturated heterocycles. The quantitative estimate of drug-likeness (QED) is 0.586. The van der Waals surface area contributed by atoms with Crippen LogP contribution in [-0.2, 0) is 14.3 Å². The molecule has 3 aliphatic rings. The Kier molecular flexibility index (Phi) is 2.26. The number of amides is 2. The average Bonchev–Trinajstić information content (AvgIpc) is 3.06. The van der Waals surface area contributed by atoms with Gasteiger partial charge in [0.25, 0.3) is 0 Å². The van der Waals surface area contributed by atoms with Gasteiger partial charge in [0.15, 0.2) is 0 Å². The Bertz CT molecular complexity index is 580. The van der Waals surface area contributed by atoms with Gasteiger partial charge in [0.1, 0.15) is 0 Å². The van der Waals surface area contributed by atoms with Crippen molar-refractivity contribution in [1.82, 2.24) is 0 Å². The molecule has 4 nitrogen and oxygen atoms in total. The Morgan fingerprint density at radius 1 is 0.947 bits per heavy atom. The van der Waals surface area contributed by atoms with E-state index in [0.717, 1.165) is 4.47 Å². The van der Waals surface area contributed by atoms with Crippen molar-refractivity contribution in [2.45, 2.75) is 12.2 Å².